The van der Waals surface area contributed by atoms with E-state index in [9.17, 15) is 27.9 Å². The van der Waals surface area contributed by atoms with Gasteiger partial charge in [-0.05, 0) is 11.6 Å². The van der Waals surface area contributed by atoms with E-state index in [2.05, 4.69) is 9.27 Å². The normalized spacial score (nSPS) is 20.0. The number of pyridine rings is 1. The van der Waals surface area contributed by atoms with Crippen molar-refractivity contribution < 1.29 is 41.7 Å². The van der Waals surface area contributed by atoms with Crippen LogP contribution >= 0.6 is 11.3 Å². The molecule has 0 saturated carbocycles. The Kier molecular flexibility index (Phi) is 5.52. The number of nitrogens with one attached hydrogen (secondary N) is 1. The van der Waals surface area contributed by atoms with Gasteiger partial charge in [0.1, 0.15) is 12.1 Å². The van der Waals surface area contributed by atoms with E-state index < -0.39 is 40.4 Å². The molecule has 1 saturated heterocycles. The number of fused-ring (bicyclic) bond motifs is 4. The maximum absolute atomic E-state index is 12.1. The van der Waals surface area contributed by atoms with E-state index in [0.717, 1.165) is 16.2 Å². The lowest BCUT2D eigenvalue weighted by Crippen LogP contribution is -2.44. The number of carboxylic acid groups (broad SMARTS) is 1. The number of rotatable bonds is 4. The fraction of sp³-hybridized carbons (Fsp3) is 0.200. The molecule has 154 valence electrons. The zero-order valence-corrected chi connectivity index (χ0v) is 16.1. The highest BCUT2D eigenvalue weighted by molar-refractivity contribution is 7.80. The minimum atomic E-state index is -5.00. The molecular weight excluding hydrogens is 428 g/mol. The minimum Gasteiger partial charge on any atom is -0.547 e. The van der Waals surface area contributed by atoms with E-state index in [1.54, 1.807) is 0 Å². The number of nitrogens with two attached hydrogens (primary N) is 1. The molecule has 2 atom stereocenters. The van der Waals surface area contributed by atoms with Gasteiger partial charge in [-0.15, -0.1) is 15.6 Å². The van der Waals surface area contributed by atoms with Gasteiger partial charge in [-0.1, -0.05) is 6.07 Å². The summed E-state index contributed by atoms with van der Waals surface area (Å²) in [6, 6.07) is 3.53. The van der Waals surface area contributed by atoms with Crippen LogP contribution < -0.4 is 15.8 Å². The molecule has 0 unspecified atom stereocenters. The van der Waals surface area contributed by atoms with Crippen molar-refractivity contribution in [2.24, 2.45) is 5.73 Å². The van der Waals surface area contributed by atoms with Crippen molar-refractivity contribution in [1.29, 1.82) is 0 Å². The monoisotopic (exact) mass is 442 g/mol. The number of aromatic nitrogens is 1. The molecule has 4 heterocycles. The van der Waals surface area contributed by atoms with Crippen molar-refractivity contribution in [1.82, 2.24) is 9.96 Å². The molecule has 0 radical (unpaired) electrons. The van der Waals surface area contributed by atoms with Crippen LogP contribution in [0.15, 0.2) is 36.7 Å². The number of hydrogen-bond donors (Lipinski definition) is 2. The van der Waals surface area contributed by atoms with Crippen molar-refractivity contribution in [2.45, 2.75) is 12.1 Å². The number of carbonyl (C=O) groups is 3. The van der Waals surface area contributed by atoms with E-state index in [0.29, 0.717) is 5.06 Å². The molecule has 12 nitrogen and oxygen atoms in total. The molecule has 1 fully saturated rings. The standard InChI is InChI=1S/C10H9N3O8S2.C5H5N/c11-8(14)5-1-3-4-2-12(6(9(15)16)7(3)22-5)10(17)13(4)21-23(18,19)20;1-2-4-6-5-3-1/h1,4,6H,2H2,(H2,11,14)(H,15,16)(H,18,19,20);1-5H/t4-,6+;/m1./s1. The fourth-order valence-electron chi connectivity index (χ4n) is 2.96. The lowest BCUT2D eigenvalue weighted by molar-refractivity contribution is -0.378. The molecule has 14 heteroatoms. The first-order valence-electron chi connectivity index (χ1n) is 7.92. The van der Waals surface area contributed by atoms with Gasteiger partial charge in [0, 0.05) is 17.0 Å². The number of aliphatic carboxylic acids is 1. The Labute approximate surface area is 168 Å². The SMILES string of the molecule is NC(=O)c1cc2c(s1)[C@@H](C(=O)[O-])N1C[C@H]2N(OS(=O)(=O)O)C1=O.c1cc[nH+]cc1. The first kappa shape index (κ1) is 20.7. The summed E-state index contributed by atoms with van der Waals surface area (Å²) in [5.41, 5.74) is 5.35. The topological polar surface area (TPSA) is 185 Å². The van der Waals surface area contributed by atoms with Crippen molar-refractivity contribution >= 4 is 39.6 Å². The lowest BCUT2D eigenvalue weighted by atomic mass is 9.99. The van der Waals surface area contributed by atoms with E-state index >= 15 is 0 Å². The molecule has 2 bridgehead atoms. The van der Waals surface area contributed by atoms with Crippen LogP contribution in [0.4, 0.5) is 4.79 Å². The van der Waals surface area contributed by atoms with Gasteiger partial charge in [0.2, 0.25) is 0 Å². The molecule has 2 aromatic heterocycles. The van der Waals surface area contributed by atoms with E-state index in [1.807, 2.05) is 30.6 Å². The van der Waals surface area contributed by atoms with Crippen LogP contribution in [0.1, 0.15) is 32.2 Å². The average Bonchev–Trinajstić information content (AvgIpc) is 3.20. The van der Waals surface area contributed by atoms with Crippen LogP contribution in [0.5, 0.6) is 0 Å². The van der Waals surface area contributed by atoms with Crippen LogP contribution in [0.3, 0.4) is 0 Å². The summed E-state index contributed by atoms with van der Waals surface area (Å²) in [6.45, 7) is -0.213. The number of primary amides is 1. The van der Waals surface area contributed by atoms with Gasteiger partial charge in [-0.3, -0.25) is 9.35 Å². The second-order valence-corrected chi connectivity index (χ2v) is 7.96. The molecule has 0 aromatic carbocycles. The highest BCUT2D eigenvalue weighted by Gasteiger charge is 2.51. The molecule has 29 heavy (non-hydrogen) atoms. The second kappa shape index (κ2) is 7.75. The molecule has 2 aromatic rings. The maximum Gasteiger partial charge on any atom is 0.418 e. The first-order chi connectivity index (χ1) is 13.6. The predicted molar refractivity (Wildman–Crippen MR) is 92.9 cm³/mol. The van der Waals surface area contributed by atoms with Gasteiger partial charge in [-0.25, -0.2) is 9.78 Å². The number of amides is 3. The number of aromatic amines is 1. The number of thiophene rings is 1. The summed E-state index contributed by atoms with van der Waals surface area (Å²) in [5, 5.41) is 11.7. The minimum absolute atomic E-state index is 0.0363. The van der Waals surface area contributed by atoms with Gasteiger partial charge in [-0.2, -0.15) is 13.5 Å². The number of carboxylic acids is 1. The second-order valence-electron chi connectivity index (χ2n) is 5.87. The molecular formula is C15H14N4O8S2. The predicted octanol–water partition coefficient (Wildman–Crippen LogP) is -1.33. The third-order valence-corrected chi connectivity index (χ3v) is 5.61. The summed E-state index contributed by atoms with van der Waals surface area (Å²) >= 11 is 0.766. The highest BCUT2D eigenvalue weighted by Crippen LogP contribution is 2.47. The number of hydrogen-bond acceptors (Lipinski definition) is 8. The molecule has 0 aliphatic carbocycles. The fourth-order valence-corrected chi connectivity index (χ4v) is 4.50. The average molecular weight is 442 g/mol. The number of nitrogens with zero attached hydrogens (tertiary/aromatic N) is 2. The van der Waals surface area contributed by atoms with E-state index in [1.165, 1.54) is 6.07 Å². The Bertz CT molecular complexity index is 1030. The summed E-state index contributed by atoms with van der Waals surface area (Å²) in [6.07, 6.45) is 3.75. The number of carbonyl (C=O) groups excluding carboxylic acids is 3. The van der Waals surface area contributed by atoms with E-state index in [4.69, 9.17) is 10.3 Å². The third-order valence-electron chi connectivity index (χ3n) is 4.04. The van der Waals surface area contributed by atoms with Crippen LogP contribution in [0, 0.1) is 0 Å². The molecule has 2 aliphatic rings. The smallest absolute Gasteiger partial charge is 0.418 e. The van der Waals surface area contributed by atoms with Gasteiger partial charge in [0.15, 0.2) is 12.4 Å². The number of urea groups is 1. The van der Waals surface area contributed by atoms with Crippen molar-refractivity contribution in [3.63, 3.8) is 0 Å². The largest absolute Gasteiger partial charge is 0.547 e. The van der Waals surface area contributed by atoms with Gasteiger partial charge in [0.05, 0.1) is 17.4 Å². The zero-order valence-electron chi connectivity index (χ0n) is 14.4. The summed E-state index contributed by atoms with van der Waals surface area (Å²) in [4.78, 5) is 38.7. The molecule has 4 N–H and O–H groups in total. The molecule has 0 spiro atoms. The summed E-state index contributed by atoms with van der Waals surface area (Å²) in [5.74, 6) is -2.41. The zero-order chi connectivity index (χ0) is 21.3. The van der Waals surface area contributed by atoms with E-state index in [-0.39, 0.29) is 21.9 Å². The molecule has 3 amide bonds. The molecule has 4 rings (SSSR count). The van der Waals surface area contributed by atoms with Crippen molar-refractivity contribution in [2.75, 3.05) is 6.54 Å². The van der Waals surface area contributed by atoms with Crippen LogP contribution in [0.25, 0.3) is 0 Å². The highest BCUT2D eigenvalue weighted by atomic mass is 32.3. The number of hydroxylamine groups is 2. The Morgan fingerprint density at radius 2 is 1.97 bits per heavy atom. The first-order valence-corrected chi connectivity index (χ1v) is 10.1. The van der Waals surface area contributed by atoms with Crippen molar-refractivity contribution in [3.05, 3.63) is 52.0 Å². The Morgan fingerprint density at radius 1 is 1.31 bits per heavy atom. The maximum atomic E-state index is 12.1. The summed E-state index contributed by atoms with van der Waals surface area (Å²) < 4.78 is 34.8. The quantitative estimate of drug-likeness (QED) is 0.545. The Morgan fingerprint density at radius 3 is 2.41 bits per heavy atom. The van der Waals surface area contributed by atoms with Gasteiger partial charge < -0.3 is 20.5 Å². The van der Waals surface area contributed by atoms with Gasteiger partial charge in [0.25, 0.3) is 5.91 Å². The third kappa shape index (κ3) is 4.19. The lowest BCUT2D eigenvalue weighted by Gasteiger charge is -2.30. The van der Waals surface area contributed by atoms with Crippen molar-refractivity contribution in [3.8, 4) is 0 Å². The Balaban J connectivity index is 0.000000343. The Hall–Kier alpha value is -3.07. The molecule has 2 aliphatic heterocycles. The van der Waals surface area contributed by atoms with Gasteiger partial charge >= 0.3 is 16.4 Å². The number of H-pyrrole nitrogens is 1. The van der Waals surface area contributed by atoms with Crippen LogP contribution in [-0.2, 0) is 19.5 Å². The van der Waals surface area contributed by atoms with Crippen LogP contribution in [0.2, 0.25) is 0 Å². The summed E-state index contributed by atoms with van der Waals surface area (Å²) in [7, 11) is -5.00. The van der Waals surface area contributed by atoms with Crippen LogP contribution in [-0.4, -0.2) is 47.4 Å².